The Morgan fingerprint density at radius 3 is 2.77 bits per heavy atom. The largest absolute Gasteiger partial charge is 0.298 e. The van der Waals surface area contributed by atoms with Crippen LogP contribution in [0.5, 0.6) is 0 Å². The summed E-state index contributed by atoms with van der Waals surface area (Å²) in [6.45, 7) is 3.93. The molecule has 4 aromatic rings. The molecule has 6 nitrogen and oxygen atoms in total. The summed E-state index contributed by atoms with van der Waals surface area (Å²) in [5.74, 6) is -0.188. The van der Waals surface area contributed by atoms with E-state index in [4.69, 9.17) is 16.9 Å². The smallest absolute Gasteiger partial charge is 0.257 e. The van der Waals surface area contributed by atoms with Gasteiger partial charge in [-0.2, -0.15) is 10.4 Å². The maximum Gasteiger partial charge on any atom is 0.257 e. The predicted molar refractivity (Wildman–Crippen MR) is 122 cm³/mol. The van der Waals surface area contributed by atoms with Crippen LogP contribution in [0.4, 0.5) is 5.13 Å². The third kappa shape index (κ3) is 4.22. The third-order valence-electron chi connectivity index (χ3n) is 5.04. The number of aryl methyl sites for hydroxylation is 1. The monoisotopic (exact) mass is 447 g/mol. The maximum absolute atomic E-state index is 12.8. The summed E-state index contributed by atoms with van der Waals surface area (Å²) in [6.07, 6.45) is 2.21. The predicted octanol–water partition coefficient (Wildman–Crippen LogP) is 5.31. The van der Waals surface area contributed by atoms with Crippen molar-refractivity contribution in [3.05, 3.63) is 92.7 Å². The maximum atomic E-state index is 12.8. The van der Waals surface area contributed by atoms with Gasteiger partial charge in [-0.25, -0.2) is 9.67 Å². The Labute approximate surface area is 188 Å². The summed E-state index contributed by atoms with van der Waals surface area (Å²) < 4.78 is 1.82. The average Bonchev–Trinajstić information content (AvgIpc) is 3.37. The van der Waals surface area contributed by atoms with E-state index in [-0.39, 0.29) is 5.91 Å². The number of anilines is 1. The number of aromatic nitrogens is 3. The van der Waals surface area contributed by atoms with Gasteiger partial charge in [0.05, 0.1) is 22.0 Å². The number of nitrogens with zero attached hydrogens (tertiary/aromatic N) is 4. The zero-order valence-corrected chi connectivity index (χ0v) is 18.5. The second kappa shape index (κ2) is 8.72. The Morgan fingerprint density at radius 2 is 2.06 bits per heavy atom. The van der Waals surface area contributed by atoms with E-state index in [1.165, 1.54) is 11.3 Å². The highest BCUT2D eigenvalue weighted by molar-refractivity contribution is 7.13. The number of thiazole rings is 1. The van der Waals surface area contributed by atoms with E-state index in [2.05, 4.69) is 21.5 Å². The molecular weight excluding hydrogens is 430 g/mol. The van der Waals surface area contributed by atoms with Crippen molar-refractivity contribution in [3.8, 4) is 11.8 Å². The number of nitriles is 1. The molecule has 0 saturated heterocycles. The van der Waals surface area contributed by atoms with Crippen LogP contribution in [0.25, 0.3) is 5.69 Å². The number of amides is 1. The lowest BCUT2D eigenvalue weighted by Gasteiger charge is -2.10. The van der Waals surface area contributed by atoms with Crippen molar-refractivity contribution in [2.24, 2.45) is 0 Å². The van der Waals surface area contributed by atoms with E-state index < -0.39 is 0 Å². The fraction of sp³-hybridized carbons (Fsp3) is 0.130. The van der Waals surface area contributed by atoms with E-state index in [1.54, 1.807) is 18.3 Å². The van der Waals surface area contributed by atoms with Gasteiger partial charge in [-0.1, -0.05) is 29.8 Å². The molecule has 0 aliphatic rings. The van der Waals surface area contributed by atoms with Crippen molar-refractivity contribution in [2.45, 2.75) is 20.3 Å². The zero-order chi connectivity index (χ0) is 22.0. The van der Waals surface area contributed by atoms with Crippen LogP contribution in [0.2, 0.25) is 5.02 Å². The molecule has 8 heteroatoms. The molecule has 0 unspecified atom stereocenters. The lowest BCUT2D eigenvalue weighted by Crippen LogP contribution is -2.14. The number of halogens is 1. The first-order chi connectivity index (χ1) is 15.0. The van der Waals surface area contributed by atoms with Crippen LogP contribution < -0.4 is 5.32 Å². The summed E-state index contributed by atoms with van der Waals surface area (Å²) >= 11 is 7.59. The second-order valence-corrected chi connectivity index (χ2v) is 8.26. The average molecular weight is 448 g/mol. The topological polar surface area (TPSA) is 83.6 Å². The molecule has 31 heavy (non-hydrogen) atoms. The fourth-order valence-corrected chi connectivity index (χ4v) is 4.19. The molecule has 154 valence electrons. The van der Waals surface area contributed by atoms with Crippen LogP contribution in [0.3, 0.4) is 0 Å². The molecule has 1 N–H and O–H groups in total. The number of hydrogen-bond donors (Lipinski definition) is 1. The molecule has 0 bridgehead atoms. The summed E-state index contributed by atoms with van der Waals surface area (Å²) in [6, 6.07) is 14.8. The number of benzene rings is 2. The van der Waals surface area contributed by atoms with Gasteiger partial charge < -0.3 is 0 Å². The number of nitrogens with one attached hydrogen (secondary N) is 1. The summed E-state index contributed by atoms with van der Waals surface area (Å²) in [5, 5.41) is 19.4. The number of carbonyl (C=O) groups excluding carboxylic acids is 1. The Bertz CT molecular complexity index is 1300. The van der Waals surface area contributed by atoms with E-state index in [1.807, 2.05) is 54.2 Å². The molecule has 2 heterocycles. The highest BCUT2D eigenvalue weighted by Gasteiger charge is 2.18. The van der Waals surface area contributed by atoms with Crippen LogP contribution in [0.1, 0.15) is 38.4 Å². The van der Waals surface area contributed by atoms with Gasteiger partial charge in [0.1, 0.15) is 6.07 Å². The van der Waals surface area contributed by atoms with Gasteiger partial charge in [-0.05, 0) is 43.7 Å². The quantitative estimate of drug-likeness (QED) is 0.449. The molecule has 1 amide bonds. The van der Waals surface area contributed by atoms with E-state index in [9.17, 15) is 4.79 Å². The highest BCUT2D eigenvalue weighted by atomic mass is 35.5. The lowest BCUT2D eigenvalue weighted by molar-refractivity contribution is 0.102. The minimum absolute atomic E-state index is 0.188. The Hall–Kier alpha value is -3.47. The van der Waals surface area contributed by atoms with Crippen molar-refractivity contribution >= 4 is 34.0 Å². The number of hydrogen-bond acceptors (Lipinski definition) is 5. The zero-order valence-electron chi connectivity index (χ0n) is 16.9. The van der Waals surface area contributed by atoms with Gasteiger partial charge in [0, 0.05) is 34.8 Å². The standard InChI is InChI=1S/C23H18ClN5OS/c1-14-20(15(2)29(28-14)18-8-7-17(13-25)21(24)12-18)11-16-5-3-4-6-19(16)22(30)27-23-26-9-10-31-23/h3-10,12H,11H2,1-2H3,(H,26,27,30). The minimum Gasteiger partial charge on any atom is -0.298 e. The van der Waals surface area contributed by atoms with Crippen LogP contribution in [0.15, 0.2) is 54.0 Å². The lowest BCUT2D eigenvalue weighted by atomic mass is 9.98. The Kier molecular flexibility index (Phi) is 5.85. The van der Waals surface area contributed by atoms with E-state index in [0.29, 0.717) is 27.7 Å². The Morgan fingerprint density at radius 1 is 1.26 bits per heavy atom. The molecule has 0 aliphatic heterocycles. The molecule has 2 aromatic heterocycles. The summed E-state index contributed by atoms with van der Waals surface area (Å²) in [4.78, 5) is 16.9. The second-order valence-electron chi connectivity index (χ2n) is 6.96. The number of carbonyl (C=O) groups is 1. The van der Waals surface area contributed by atoms with Crippen molar-refractivity contribution in [3.63, 3.8) is 0 Å². The van der Waals surface area contributed by atoms with Crippen LogP contribution in [0, 0.1) is 25.2 Å². The molecule has 0 atom stereocenters. The fourth-order valence-electron chi connectivity index (χ4n) is 3.44. The van der Waals surface area contributed by atoms with Crippen LogP contribution in [-0.4, -0.2) is 20.7 Å². The first-order valence-electron chi connectivity index (χ1n) is 9.51. The molecule has 0 fully saturated rings. The number of rotatable bonds is 5. The van der Waals surface area contributed by atoms with Gasteiger partial charge in [0.15, 0.2) is 5.13 Å². The van der Waals surface area contributed by atoms with Crippen LogP contribution in [-0.2, 0) is 6.42 Å². The molecular formula is C23H18ClN5OS. The van der Waals surface area contributed by atoms with Gasteiger partial charge in [-0.3, -0.25) is 10.1 Å². The summed E-state index contributed by atoms with van der Waals surface area (Å²) in [5.41, 5.74) is 5.57. The van der Waals surface area contributed by atoms with E-state index >= 15 is 0 Å². The van der Waals surface area contributed by atoms with Crippen LogP contribution >= 0.6 is 22.9 Å². The SMILES string of the molecule is Cc1nn(-c2ccc(C#N)c(Cl)c2)c(C)c1Cc1ccccc1C(=O)Nc1nccs1. The highest BCUT2D eigenvalue weighted by Crippen LogP contribution is 2.25. The molecule has 0 radical (unpaired) electrons. The summed E-state index contributed by atoms with van der Waals surface area (Å²) in [7, 11) is 0. The van der Waals surface area contributed by atoms with E-state index in [0.717, 1.165) is 28.2 Å². The van der Waals surface area contributed by atoms with Gasteiger partial charge in [0.2, 0.25) is 0 Å². The van der Waals surface area contributed by atoms with Crippen molar-refractivity contribution in [2.75, 3.05) is 5.32 Å². The minimum atomic E-state index is -0.188. The molecule has 2 aromatic carbocycles. The van der Waals surface area contributed by atoms with Crippen molar-refractivity contribution in [1.82, 2.24) is 14.8 Å². The first kappa shape index (κ1) is 20.8. The van der Waals surface area contributed by atoms with Crippen molar-refractivity contribution < 1.29 is 4.79 Å². The van der Waals surface area contributed by atoms with Gasteiger partial charge in [-0.15, -0.1) is 11.3 Å². The first-order valence-corrected chi connectivity index (χ1v) is 10.8. The normalized spacial score (nSPS) is 10.6. The molecule has 4 rings (SSSR count). The van der Waals surface area contributed by atoms with Gasteiger partial charge >= 0.3 is 0 Å². The van der Waals surface area contributed by atoms with Gasteiger partial charge in [0.25, 0.3) is 5.91 Å². The molecule has 0 spiro atoms. The van der Waals surface area contributed by atoms with Crippen molar-refractivity contribution in [1.29, 1.82) is 5.26 Å². The third-order valence-corrected chi connectivity index (χ3v) is 6.04. The molecule has 0 saturated carbocycles. The Balaban J connectivity index is 1.66. The molecule has 0 aliphatic carbocycles.